The van der Waals surface area contributed by atoms with E-state index in [1.54, 1.807) is 19.0 Å². The summed E-state index contributed by atoms with van der Waals surface area (Å²) in [5, 5.41) is 3.33. The number of anilines is 3. The number of carbonyl (C=O) groups is 1. The van der Waals surface area contributed by atoms with E-state index in [-0.39, 0.29) is 5.91 Å². The van der Waals surface area contributed by atoms with Gasteiger partial charge in [0.25, 0.3) is 5.91 Å². The lowest BCUT2D eigenvalue weighted by Gasteiger charge is -2.37. The van der Waals surface area contributed by atoms with Crippen LogP contribution < -0.4 is 15.1 Å². The van der Waals surface area contributed by atoms with Gasteiger partial charge in [-0.1, -0.05) is 32.0 Å². The summed E-state index contributed by atoms with van der Waals surface area (Å²) in [6.07, 6.45) is 2.03. The van der Waals surface area contributed by atoms with Crippen LogP contribution in [0.15, 0.2) is 36.4 Å². The molecule has 0 atom stereocenters. The molecule has 1 aromatic carbocycles. The summed E-state index contributed by atoms with van der Waals surface area (Å²) in [4.78, 5) is 23.7. The first-order chi connectivity index (χ1) is 14.0. The molecule has 0 aliphatic carbocycles. The summed E-state index contributed by atoms with van der Waals surface area (Å²) in [5.41, 5.74) is 3.37. The molecule has 29 heavy (non-hydrogen) atoms. The van der Waals surface area contributed by atoms with Gasteiger partial charge in [-0.05, 0) is 36.6 Å². The smallest absolute Gasteiger partial charge is 0.257 e. The third-order valence-electron chi connectivity index (χ3n) is 5.38. The fourth-order valence-electron chi connectivity index (χ4n) is 3.71. The molecule has 1 aliphatic rings. The van der Waals surface area contributed by atoms with E-state index in [4.69, 9.17) is 4.98 Å². The van der Waals surface area contributed by atoms with Crippen molar-refractivity contribution >= 4 is 23.2 Å². The molecule has 156 valence electrons. The van der Waals surface area contributed by atoms with Crippen LogP contribution in [0.1, 0.15) is 36.2 Å². The zero-order chi connectivity index (χ0) is 20.8. The van der Waals surface area contributed by atoms with Crippen molar-refractivity contribution in [2.45, 2.75) is 26.7 Å². The molecule has 1 amide bonds. The van der Waals surface area contributed by atoms with Crippen LogP contribution in [0, 0.1) is 0 Å². The van der Waals surface area contributed by atoms with Gasteiger partial charge < -0.3 is 20.0 Å². The van der Waals surface area contributed by atoms with Gasteiger partial charge >= 0.3 is 0 Å². The van der Waals surface area contributed by atoms with Crippen molar-refractivity contribution in [3.8, 4) is 0 Å². The zero-order valence-electron chi connectivity index (χ0n) is 18.1. The number of nitrogens with zero attached hydrogens (tertiary/aromatic N) is 4. The molecule has 0 saturated carbocycles. The minimum absolute atomic E-state index is 0.0244. The van der Waals surface area contributed by atoms with Gasteiger partial charge in [0.15, 0.2) is 0 Å². The molecule has 3 rings (SSSR count). The Kier molecular flexibility index (Phi) is 6.96. The number of rotatable bonds is 7. The van der Waals surface area contributed by atoms with Gasteiger partial charge in [0, 0.05) is 52.5 Å². The highest BCUT2D eigenvalue weighted by atomic mass is 16.2. The van der Waals surface area contributed by atoms with E-state index < -0.39 is 0 Å². The van der Waals surface area contributed by atoms with Crippen molar-refractivity contribution in [1.29, 1.82) is 0 Å². The number of benzene rings is 1. The SMILES string of the molecule is CCCNc1nc(N2CCN(c3ccccc3CC)CC2)ccc1C(=O)N(C)C. The van der Waals surface area contributed by atoms with Gasteiger partial charge in [-0.15, -0.1) is 0 Å². The van der Waals surface area contributed by atoms with Crippen molar-refractivity contribution in [1.82, 2.24) is 9.88 Å². The highest BCUT2D eigenvalue weighted by Gasteiger charge is 2.22. The molecule has 6 heteroatoms. The van der Waals surface area contributed by atoms with E-state index in [1.807, 2.05) is 12.1 Å². The number of piperazine rings is 1. The summed E-state index contributed by atoms with van der Waals surface area (Å²) in [7, 11) is 3.54. The highest BCUT2D eigenvalue weighted by molar-refractivity contribution is 5.98. The van der Waals surface area contributed by atoms with Gasteiger partial charge in [0.05, 0.1) is 5.56 Å². The minimum Gasteiger partial charge on any atom is -0.369 e. The molecule has 1 saturated heterocycles. The maximum Gasteiger partial charge on any atom is 0.257 e. The summed E-state index contributed by atoms with van der Waals surface area (Å²) in [6, 6.07) is 12.6. The number of nitrogens with one attached hydrogen (secondary N) is 1. The first-order valence-electron chi connectivity index (χ1n) is 10.6. The fourth-order valence-corrected chi connectivity index (χ4v) is 3.71. The molecule has 6 nitrogen and oxygen atoms in total. The van der Waals surface area contributed by atoms with Crippen LogP contribution in [0.5, 0.6) is 0 Å². The molecule has 0 spiro atoms. The summed E-state index contributed by atoms with van der Waals surface area (Å²) in [6.45, 7) is 8.88. The van der Waals surface area contributed by atoms with Gasteiger partial charge in [0.2, 0.25) is 0 Å². The average Bonchev–Trinajstić information content (AvgIpc) is 2.77. The van der Waals surface area contributed by atoms with Crippen LogP contribution in [-0.4, -0.2) is 62.6 Å². The second-order valence-electron chi connectivity index (χ2n) is 7.65. The second kappa shape index (κ2) is 9.63. The number of hydrogen-bond donors (Lipinski definition) is 1. The minimum atomic E-state index is -0.0244. The molecule has 0 bridgehead atoms. The maximum absolute atomic E-state index is 12.5. The number of aromatic nitrogens is 1. The van der Waals surface area contributed by atoms with Crippen LogP contribution in [0.3, 0.4) is 0 Å². The van der Waals surface area contributed by atoms with Crippen molar-refractivity contribution < 1.29 is 4.79 Å². The van der Waals surface area contributed by atoms with Crippen LogP contribution in [0.4, 0.5) is 17.3 Å². The quantitative estimate of drug-likeness (QED) is 0.778. The third-order valence-corrected chi connectivity index (χ3v) is 5.38. The Morgan fingerprint density at radius 3 is 2.38 bits per heavy atom. The maximum atomic E-state index is 12.5. The van der Waals surface area contributed by atoms with Crippen LogP contribution in [-0.2, 0) is 6.42 Å². The molecular weight excluding hydrogens is 362 g/mol. The number of aryl methyl sites for hydroxylation is 1. The predicted octanol–water partition coefficient (Wildman–Crippen LogP) is 3.49. The van der Waals surface area contributed by atoms with Gasteiger partial charge in [-0.2, -0.15) is 0 Å². The van der Waals surface area contributed by atoms with Crippen LogP contribution in [0.25, 0.3) is 0 Å². The van der Waals surface area contributed by atoms with E-state index in [0.717, 1.165) is 51.4 Å². The second-order valence-corrected chi connectivity index (χ2v) is 7.65. The summed E-state index contributed by atoms with van der Waals surface area (Å²) in [5.74, 6) is 1.59. The Labute approximate surface area is 174 Å². The first-order valence-corrected chi connectivity index (χ1v) is 10.6. The molecular formula is C23H33N5O. The summed E-state index contributed by atoms with van der Waals surface area (Å²) < 4.78 is 0. The first kappa shape index (κ1) is 21.0. The Balaban J connectivity index is 1.75. The van der Waals surface area contributed by atoms with Crippen molar-refractivity contribution in [3.05, 3.63) is 47.5 Å². The number of amides is 1. The summed E-state index contributed by atoms with van der Waals surface area (Å²) >= 11 is 0. The molecule has 0 radical (unpaired) electrons. The van der Waals surface area contributed by atoms with Gasteiger partial charge in [-0.25, -0.2) is 4.98 Å². The predicted molar refractivity (Wildman–Crippen MR) is 121 cm³/mol. The largest absolute Gasteiger partial charge is 0.369 e. The number of carbonyl (C=O) groups excluding carboxylic acids is 1. The van der Waals surface area contributed by atoms with E-state index in [2.05, 4.69) is 53.2 Å². The average molecular weight is 396 g/mol. The molecule has 1 N–H and O–H groups in total. The third kappa shape index (κ3) is 4.81. The van der Waals surface area contributed by atoms with Crippen LogP contribution in [0.2, 0.25) is 0 Å². The van der Waals surface area contributed by atoms with E-state index in [0.29, 0.717) is 11.4 Å². The molecule has 0 unspecified atom stereocenters. The standard InChI is InChI=1S/C23H33N5O/c1-5-13-24-22-19(23(29)26(3)4)11-12-21(25-22)28-16-14-27(15-17-28)20-10-8-7-9-18(20)6-2/h7-12H,5-6,13-17H2,1-4H3,(H,24,25). The molecule has 1 aliphatic heterocycles. The van der Waals surface area contributed by atoms with Crippen molar-refractivity contribution in [2.75, 3.05) is 61.9 Å². The number of para-hydroxylation sites is 1. The topological polar surface area (TPSA) is 51.7 Å². The number of pyridine rings is 1. The lowest BCUT2D eigenvalue weighted by atomic mass is 10.1. The monoisotopic (exact) mass is 395 g/mol. The highest BCUT2D eigenvalue weighted by Crippen LogP contribution is 2.25. The Bertz CT molecular complexity index is 828. The lowest BCUT2D eigenvalue weighted by molar-refractivity contribution is 0.0828. The van der Waals surface area contributed by atoms with Gasteiger partial charge in [-0.3, -0.25) is 4.79 Å². The normalized spacial score (nSPS) is 14.1. The van der Waals surface area contributed by atoms with E-state index >= 15 is 0 Å². The Morgan fingerprint density at radius 2 is 1.72 bits per heavy atom. The zero-order valence-corrected chi connectivity index (χ0v) is 18.1. The van der Waals surface area contributed by atoms with E-state index in [1.165, 1.54) is 11.3 Å². The Hall–Kier alpha value is -2.76. The molecule has 1 aromatic heterocycles. The number of hydrogen-bond acceptors (Lipinski definition) is 5. The molecule has 2 aromatic rings. The van der Waals surface area contributed by atoms with Crippen molar-refractivity contribution in [2.24, 2.45) is 0 Å². The fraction of sp³-hybridized carbons (Fsp3) is 0.478. The Morgan fingerprint density at radius 1 is 1.03 bits per heavy atom. The molecule has 2 heterocycles. The van der Waals surface area contributed by atoms with Crippen molar-refractivity contribution in [3.63, 3.8) is 0 Å². The lowest BCUT2D eigenvalue weighted by Crippen LogP contribution is -2.47. The van der Waals surface area contributed by atoms with Crippen LogP contribution >= 0.6 is 0 Å². The van der Waals surface area contributed by atoms with E-state index in [9.17, 15) is 4.79 Å². The molecule has 1 fully saturated rings. The van der Waals surface area contributed by atoms with Gasteiger partial charge in [0.1, 0.15) is 11.6 Å².